The highest BCUT2D eigenvalue weighted by Crippen LogP contribution is 2.63. The number of carbonyl (C=O) groups is 2. The summed E-state index contributed by atoms with van der Waals surface area (Å²) in [4.78, 5) is 27.4. The first-order valence-electron chi connectivity index (χ1n) is 15.6. The number of hydrogen-bond donors (Lipinski definition) is 0. The first kappa shape index (κ1) is 35.1. The monoisotopic (exact) mass is 664 g/mol. The van der Waals surface area contributed by atoms with Gasteiger partial charge in [-0.05, 0) is 54.0 Å². The molecule has 4 rings (SSSR count). The zero-order valence-electron chi connectivity index (χ0n) is 29.2. The highest BCUT2D eigenvalue weighted by molar-refractivity contribution is 6.75. The molecule has 0 aliphatic carbocycles. The molecule has 0 spiro atoms. The Kier molecular flexibility index (Phi) is 9.49. The Labute approximate surface area is 275 Å². The van der Waals surface area contributed by atoms with Crippen LogP contribution in [-0.2, 0) is 11.2 Å². The Morgan fingerprint density at radius 2 is 1.07 bits per heavy atom. The summed E-state index contributed by atoms with van der Waals surface area (Å²) in [6, 6.07) is 17.9. The number of fused-ring (bicyclic) bond motifs is 1. The summed E-state index contributed by atoms with van der Waals surface area (Å²) in [7, 11) is -5.23. The highest BCUT2D eigenvalue weighted by Gasteiger charge is 2.49. The lowest BCUT2D eigenvalue weighted by Crippen LogP contribution is -2.44. The molecule has 8 nitrogen and oxygen atoms in total. The molecular formula is C36H48O8Si2. The second-order valence-electron chi connectivity index (χ2n) is 15.2. The molecule has 10 heteroatoms. The summed E-state index contributed by atoms with van der Waals surface area (Å²) in [5.74, 6) is -1.75. The minimum absolute atomic E-state index is 0.0230. The van der Waals surface area contributed by atoms with Crippen molar-refractivity contribution in [1.82, 2.24) is 0 Å². The van der Waals surface area contributed by atoms with Crippen LogP contribution in [0.1, 0.15) is 71.3 Å². The molecular weight excluding hydrogens is 617 g/mol. The van der Waals surface area contributed by atoms with Crippen LogP contribution in [0.15, 0.2) is 60.7 Å². The Balaban J connectivity index is 2.03. The van der Waals surface area contributed by atoms with E-state index < -0.39 is 34.4 Å². The van der Waals surface area contributed by atoms with Crippen molar-refractivity contribution in [2.75, 3.05) is 0 Å². The number of ether oxygens (including phenoxy) is 4. The molecule has 0 fully saturated rings. The predicted octanol–water partition coefficient (Wildman–Crippen LogP) is 9.33. The average molecular weight is 665 g/mol. The molecule has 0 amide bonds. The van der Waals surface area contributed by atoms with Gasteiger partial charge < -0.3 is 27.8 Å². The lowest BCUT2D eigenvalue weighted by atomic mass is 10.1. The van der Waals surface area contributed by atoms with Gasteiger partial charge in [-0.15, -0.1) is 0 Å². The number of carbonyl (C=O) groups excluding carboxylic acids is 2. The zero-order valence-corrected chi connectivity index (χ0v) is 31.2. The summed E-state index contributed by atoms with van der Waals surface area (Å²) in [5.41, 5.74) is 1.08. The summed E-state index contributed by atoms with van der Waals surface area (Å²) in [5, 5.41) is -0.479. The van der Waals surface area contributed by atoms with Gasteiger partial charge in [-0.3, -0.25) is 4.79 Å². The summed E-state index contributed by atoms with van der Waals surface area (Å²) in [6.45, 7) is 24.5. The molecule has 46 heavy (non-hydrogen) atoms. The third-order valence-electron chi connectivity index (χ3n) is 8.87. The van der Waals surface area contributed by atoms with Crippen LogP contribution >= 0.6 is 0 Å². The van der Waals surface area contributed by atoms with Crippen LogP contribution in [0.4, 0.5) is 0 Å². The van der Waals surface area contributed by atoms with E-state index in [4.69, 9.17) is 27.8 Å². The average Bonchev–Trinajstić information content (AvgIpc) is 3.27. The van der Waals surface area contributed by atoms with E-state index in [1.54, 1.807) is 38.1 Å². The fourth-order valence-corrected chi connectivity index (χ4v) is 6.15. The molecule has 248 valence electrons. The van der Waals surface area contributed by atoms with E-state index in [0.29, 0.717) is 5.56 Å². The largest absolute Gasteiger partial charge is 0.538 e. The van der Waals surface area contributed by atoms with Gasteiger partial charge in [-0.1, -0.05) is 90.1 Å². The molecule has 0 unspecified atom stereocenters. The van der Waals surface area contributed by atoms with Crippen molar-refractivity contribution in [3.05, 3.63) is 71.8 Å². The van der Waals surface area contributed by atoms with Crippen LogP contribution in [0.3, 0.4) is 0 Å². The Bertz CT molecular complexity index is 1580. The van der Waals surface area contributed by atoms with Crippen LogP contribution in [0, 0.1) is 0 Å². The van der Waals surface area contributed by atoms with Crippen LogP contribution in [0.2, 0.25) is 36.3 Å². The lowest BCUT2D eigenvalue weighted by molar-refractivity contribution is -0.133. The molecule has 1 aliphatic rings. The number of rotatable bonds is 9. The van der Waals surface area contributed by atoms with Crippen LogP contribution in [0.25, 0.3) is 0 Å². The molecule has 0 saturated heterocycles. The van der Waals surface area contributed by atoms with Crippen LogP contribution < -0.4 is 27.8 Å². The molecule has 1 aliphatic heterocycles. The van der Waals surface area contributed by atoms with Crippen molar-refractivity contribution in [3.8, 4) is 34.5 Å². The summed E-state index contributed by atoms with van der Waals surface area (Å²) < 4.78 is 38.9. The Morgan fingerprint density at radius 1 is 0.652 bits per heavy atom. The smallest absolute Gasteiger partial charge is 0.343 e. The van der Waals surface area contributed by atoms with E-state index in [-0.39, 0.29) is 51.0 Å². The molecule has 0 bridgehead atoms. The fourth-order valence-electron chi connectivity index (χ4n) is 4.14. The first-order valence-corrected chi connectivity index (χ1v) is 21.5. The van der Waals surface area contributed by atoms with Gasteiger partial charge >= 0.3 is 11.9 Å². The van der Waals surface area contributed by atoms with Crippen molar-refractivity contribution in [1.29, 1.82) is 0 Å². The van der Waals surface area contributed by atoms with Crippen molar-refractivity contribution in [3.63, 3.8) is 0 Å². The molecule has 0 saturated carbocycles. The van der Waals surface area contributed by atoms with Crippen LogP contribution in [-0.4, -0.2) is 34.4 Å². The zero-order chi connectivity index (χ0) is 34.3. The standard InChI is InChI=1S/C36H48O8Si2/c1-34(2,3)45(9,10)43-31-27(39-26(37)23-24-19-15-13-16-20-24)28(40-33(38)25-21-17-14-18-22-25)32(44-46(11,12)35(4,5)6)30-29(31)41-36(7,8)42-30/h13-22H,23H2,1-12H3. The van der Waals surface area contributed by atoms with Gasteiger partial charge in [-0.2, -0.15) is 0 Å². The summed E-state index contributed by atoms with van der Waals surface area (Å²) in [6.07, 6.45) is -0.0230. The Hall–Kier alpha value is -3.77. The minimum Gasteiger partial charge on any atom is -0.538 e. The maximum Gasteiger partial charge on any atom is 0.343 e. The molecule has 0 aromatic heterocycles. The van der Waals surface area contributed by atoms with Gasteiger partial charge in [0.25, 0.3) is 16.6 Å². The minimum atomic E-state index is -2.61. The van der Waals surface area contributed by atoms with Gasteiger partial charge in [-0.25, -0.2) is 4.79 Å². The van der Waals surface area contributed by atoms with E-state index in [1.165, 1.54) is 0 Å². The van der Waals surface area contributed by atoms with Crippen LogP contribution in [0.5, 0.6) is 34.5 Å². The fraction of sp³-hybridized carbons (Fsp3) is 0.444. The Morgan fingerprint density at radius 3 is 1.50 bits per heavy atom. The quantitative estimate of drug-likeness (QED) is 0.127. The first-order chi connectivity index (χ1) is 21.1. The van der Waals surface area contributed by atoms with Crippen molar-refractivity contribution in [2.45, 2.75) is 104 Å². The molecule has 0 atom stereocenters. The van der Waals surface area contributed by atoms with E-state index in [2.05, 4.69) is 67.7 Å². The van der Waals surface area contributed by atoms with Crippen molar-refractivity contribution in [2.24, 2.45) is 0 Å². The normalized spacial score (nSPS) is 14.4. The number of esters is 2. The van der Waals surface area contributed by atoms with E-state index in [1.807, 2.05) is 36.4 Å². The lowest BCUT2D eigenvalue weighted by Gasteiger charge is -2.38. The van der Waals surface area contributed by atoms with E-state index >= 15 is 0 Å². The third-order valence-corrected chi connectivity index (χ3v) is 17.5. The van der Waals surface area contributed by atoms with Crippen molar-refractivity contribution >= 4 is 28.6 Å². The molecule has 1 heterocycles. The molecule has 3 aromatic rings. The van der Waals surface area contributed by atoms with Gasteiger partial charge in [0.2, 0.25) is 28.8 Å². The number of hydrogen-bond acceptors (Lipinski definition) is 8. The second-order valence-corrected chi connectivity index (χ2v) is 24.6. The van der Waals surface area contributed by atoms with E-state index in [0.717, 1.165) is 5.56 Å². The van der Waals surface area contributed by atoms with Crippen molar-refractivity contribution < 1.29 is 37.4 Å². The summed E-state index contributed by atoms with van der Waals surface area (Å²) >= 11 is 0. The van der Waals surface area contributed by atoms with Gasteiger partial charge in [0.05, 0.1) is 12.0 Å². The molecule has 0 N–H and O–H groups in total. The van der Waals surface area contributed by atoms with E-state index in [9.17, 15) is 9.59 Å². The van der Waals surface area contributed by atoms with Gasteiger partial charge in [0.15, 0.2) is 11.5 Å². The highest BCUT2D eigenvalue weighted by atomic mass is 28.4. The predicted molar refractivity (Wildman–Crippen MR) is 185 cm³/mol. The SMILES string of the molecule is CC1(C)Oc2c(c(O[Si](C)(C)C(C)(C)C)c(OC(=O)c3ccccc3)c(OC(=O)Cc3ccccc3)c2O[Si](C)(C)C(C)(C)C)O1. The maximum absolute atomic E-state index is 13.7. The third kappa shape index (κ3) is 7.61. The molecule has 0 radical (unpaired) electrons. The number of benzene rings is 3. The maximum atomic E-state index is 13.7. The molecule has 3 aromatic carbocycles. The van der Waals surface area contributed by atoms with Gasteiger partial charge in [0, 0.05) is 13.8 Å². The topological polar surface area (TPSA) is 89.5 Å². The second kappa shape index (κ2) is 12.4. The van der Waals surface area contributed by atoms with Gasteiger partial charge in [0.1, 0.15) is 0 Å².